The predicted molar refractivity (Wildman–Crippen MR) is 73.2 cm³/mol. The van der Waals surface area contributed by atoms with Crippen molar-refractivity contribution < 1.29 is 4.79 Å². The molecule has 1 heterocycles. The van der Waals surface area contributed by atoms with Crippen molar-refractivity contribution in [2.75, 3.05) is 6.54 Å². The average molecular weight is 251 g/mol. The highest BCUT2D eigenvalue weighted by Gasteiger charge is 2.14. The summed E-state index contributed by atoms with van der Waals surface area (Å²) in [4.78, 5) is 15.9. The number of nitrogens with one attached hydrogen (secondary N) is 1. The van der Waals surface area contributed by atoms with Crippen LogP contribution >= 0.6 is 0 Å². The third kappa shape index (κ3) is 5.34. The van der Waals surface area contributed by atoms with Crippen LogP contribution in [0.2, 0.25) is 0 Å². The largest absolute Gasteiger partial charge is 0.356 e. The van der Waals surface area contributed by atoms with Gasteiger partial charge in [0.2, 0.25) is 5.91 Å². The molecule has 0 saturated carbocycles. The average Bonchev–Trinajstić information content (AvgIpc) is 2.88. The van der Waals surface area contributed by atoms with Gasteiger partial charge in [0.05, 0.1) is 6.33 Å². The molecule has 1 amide bonds. The molecule has 0 aromatic carbocycles. The Morgan fingerprint density at radius 2 is 2.22 bits per heavy atom. The maximum Gasteiger partial charge on any atom is 0.223 e. The minimum absolute atomic E-state index is 0.193. The summed E-state index contributed by atoms with van der Waals surface area (Å²) in [5, 5.41) is 3.03. The molecule has 1 aromatic rings. The summed E-state index contributed by atoms with van der Waals surface area (Å²) in [6.45, 7) is 5.91. The summed E-state index contributed by atoms with van der Waals surface area (Å²) in [6, 6.07) is 0. The van der Waals surface area contributed by atoms with Gasteiger partial charge in [0.15, 0.2) is 0 Å². The Morgan fingerprint density at radius 1 is 1.39 bits per heavy atom. The second-order valence-electron chi connectivity index (χ2n) is 4.69. The molecule has 1 N–H and O–H groups in total. The fraction of sp³-hybridized carbons (Fsp3) is 0.714. The van der Waals surface area contributed by atoms with Crippen LogP contribution in [0.25, 0.3) is 0 Å². The molecule has 0 unspecified atom stereocenters. The van der Waals surface area contributed by atoms with Gasteiger partial charge < -0.3 is 9.88 Å². The van der Waals surface area contributed by atoms with E-state index < -0.39 is 0 Å². The Hall–Kier alpha value is -1.32. The van der Waals surface area contributed by atoms with Gasteiger partial charge in [0, 0.05) is 31.4 Å². The summed E-state index contributed by atoms with van der Waals surface area (Å²) >= 11 is 0. The summed E-state index contributed by atoms with van der Waals surface area (Å²) in [7, 11) is 0. The van der Waals surface area contributed by atoms with Crippen LogP contribution in [0.15, 0.2) is 18.7 Å². The van der Waals surface area contributed by atoms with Crippen molar-refractivity contribution in [3.8, 4) is 0 Å². The maximum atomic E-state index is 11.9. The first-order valence-corrected chi connectivity index (χ1v) is 7.01. The monoisotopic (exact) mass is 251 g/mol. The van der Waals surface area contributed by atoms with Crippen LogP contribution in [0.4, 0.5) is 0 Å². The van der Waals surface area contributed by atoms with Gasteiger partial charge in [-0.05, 0) is 19.3 Å². The number of hydrogen-bond donors (Lipinski definition) is 1. The second-order valence-corrected chi connectivity index (χ2v) is 4.69. The lowest BCUT2D eigenvalue weighted by Gasteiger charge is -2.14. The van der Waals surface area contributed by atoms with Crippen molar-refractivity contribution in [2.45, 2.75) is 52.5 Å². The molecular formula is C14H25N3O. The van der Waals surface area contributed by atoms with Crippen molar-refractivity contribution in [2.24, 2.45) is 5.92 Å². The lowest BCUT2D eigenvalue weighted by Crippen LogP contribution is -2.31. The highest BCUT2D eigenvalue weighted by molar-refractivity contribution is 5.78. The second kappa shape index (κ2) is 8.72. The number of carbonyl (C=O) groups excluding carboxylic acids is 1. The van der Waals surface area contributed by atoms with E-state index in [1.807, 2.05) is 10.8 Å². The smallest absolute Gasteiger partial charge is 0.223 e. The van der Waals surface area contributed by atoms with Crippen LogP contribution in [-0.4, -0.2) is 22.0 Å². The molecule has 1 atom stereocenters. The molecule has 102 valence electrons. The van der Waals surface area contributed by atoms with Crippen molar-refractivity contribution in [1.82, 2.24) is 14.9 Å². The molecule has 0 radical (unpaired) electrons. The van der Waals surface area contributed by atoms with E-state index in [4.69, 9.17) is 0 Å². The molecule has 4 heteroatoms. The highest BCUT2D eigenvalue weighted by Crippen LogP contribution is 2.12. The third-order valence-electron chi connectivity index (χ3n) is 3.22. The van der Waals surface area contributed by atoms with Gasteiger partial charge >= 0.3 is 0 Å². The normalized spacial score (nSPS) is 12.3. The zero-order valence-electron chi connectivity index (χ0n) is 11.6. The molecular weight excluding hydrogens is 226 g/mol. The Balaban J connectivity index is 2.14. The molecule has 0 aliphatic heterocycles. The third-order valence-corrected chi connectivity index (χ3v) is 3.22. The fourth-order valence-corrected chi connectivity index (χ4v) is 2.01. The molecule has 18 heavy (non-hydrogen) atoms. The molecule has 0 spiro atoms. The molecule has 1 rings (SSSR count). The predicted octanol–water partition coefficient (Wildman–Crippen LogP) is 2.61. The quantitative estimate of drug-likeness (QED) is 0.686. The van der Waals surface area contributed by atoms with Gasteiger partial charge in [-0.15, -0.1) is 0 Å². The first-order valence-electron chi connectivity index (χ1n) is 7.01. The molecule has 0 saturated heterocycles. The van der Waals surface area contributed by atoms with Crippen molar-refractivity contribution in [1.29, 1.82) is 0 Å². The van der Waals surface area contributed by atoms with Gasteiger partial charge in [-0.2, -0.15) is 0 Å². The number of amides is 1. The van der Waals surface area contributed by atoms with Crippen molar-refractivity contribution in [3.05, 3.63) is 18.7 Å². The molecule has 4 nitrogen and oxygen atoms in total. The van der Waals surface area contributed by atoms with Crippen LogP contribution in [0.3, 0.4) is 0 Å². The Kier molecular flexibility index (Phi) is 7.14. The van der Waals surface area contributed by atoms with Crippen molar-refractivity contribution in [3.63, 3.8) is 0 Å². The van der Waals surface area contributed by atoms with Crippen LogP contribution in [0, 0.1) is 5.92 Å². The van der Waals surface area contributed by atoms with Crippen LogP contribution in [0.5, 0.6) is 0 Å². The summed E-state index contributed by atoms with van der Waals surface area (Å²) in [5.74, 6) is 0.412. The SMILES string of the molecule is CCCC[C@@H](CC)C(=O)NCCCn1ccnc1. The minimum Gasteiger partial charge on any atom is -0.356 e. The highest BCUT2D eigenvalue weighted by atomic mass is 16.1. The maximum absolute atomic E-state index is 11.9. The first kappa shape index (κ1) is 14.7. The zero-order valence-corrected chi connectivity index (χ0v) is 11.6. The molecule has 0 bridgehead atoms. The van der Waals surface area contributed by atoms with Gasteiger partial charge in [0.1, 0.15) is 0 Å². The van der Waals surface area contributed by atoms with E-state index in [0.29, 0.717) is 0 Å². The topological polar surface area (TPSA) is 46.9 Å². The molecule has 0 aliphatic rings. The Morgan fingerprint density at radius 3 is 2.83 bits per heavy atom. The van der Waals surface area contributed by atoms with Crippen LogP contribution < -0.4 is 5.32 Å². The fourth-order valence-electron chi connectivity index (χ4n) is 2.01. The first-order chi connectivity index (χ1) is 8.77. The Bertz CT molecular complexity index is 322. The standard InChI is InChI=1S/C14H25N3O/c1-3-5-7-13(4-2)14(18)16-8-6-10-17-11-9-15-12-17/h9,11-13H,3-8,10H2,1-2H3,(H,16,18)/t13-/m1/s1. The number of aryl methyl sites for hydroxylation is 1. The minimum atomic E-state index is 0.193. The summed E-state index contributed by atoms with van der Waals surface area (Å²) in [6.07, 6.45) is 10.7. The number of unbranched alkanes of at least 4 members (excludes halogenated alkanes) is 1. The van der Waals surface area contributed by atoms with Gasteiger partial charge in [-0.3, -0.25) is 4.79 Å². The van der Waals surface area contributed by atoms with E-state index in [-0.39, 0.29) is 11.8 Å². The van der Waals surface area contributed by atoms with E-state index >= 15 is 0 Å². The van der Waals surface area contributed by atoms with Gasteiger partial charge in [-0.25, -0.2) is 4.98 Å². The van der Waals surface area contributed by atoms with Gasteiger partial charge in [-0.1, -0.05) is 26.7 Å². The van der Waals surface area contributed by atoms with E-state index in [0.717, 1.165) is 45.2 Å². The van der Waals surface area contributed by atoms with E-state index in [2.05, 4.69) is 24.1 Å². The Labute approximate surface area is 110 Å². The number of aromatic nitrogens is 2. The van der Waals surface area contributed by atoms with Crippen molar-refractivity contribution >= 4 is 5.91 Å². The van der Waals surface area contributed by atoms with Gasteiger partial charge in [0.25, 0.3) is 0 Å². The number of imidazole rings is 1. The lowest BCUT2D eigenvalue weighted by molar-refractivity contribution is -0.125. The number of nitrogens with zero attached hydrogens (tertiary/aromatic N) is 2. The molecule has 0 aliphatic carbocycles. The summed E-state index contributed by atoms with van der Waals surface area (Å²) in [5.41, 5.74) is 0. The van der Waals surface area contributed by atoms with Crippen LogP contribution in [-0.2, 0) is 11.3 Å². The van der Waals surface area contributed by atoms with Crippen LogP contribution in [0.1, 0.15) is 46.0 Å². The zero-order chi connectivity index (χ0) is 13.2. The number of hydrogen-bond acceptors (Lipinski definition) is 2. The number of rotatable bonds is 9. The van der Waals surface area contributed by atoms with E-state index in [9.17, 15) is 4.79 Å². The van der Waals surface area contributed by atoms with E-state index in [1.165, 1.54) is 0 Å². The number of carbonyl (C=O) groups is 1. The van der Waals surface area contributed by atoms with E-state index in [1.54, 1.807) is 12.5 Å². The molecule has 1 aromatic heterocycles. The summed E-state index contributed by atoms with van der Waals surface area (Å²) < 4.78 is 2.03. The molecule has 0 fully saturated rings. The lowest BCUT2D eigenvalue weighted by atomic mass is 9.98.